The van der Waals surface area contributed by atoms with E-state index < -0.39 is 84.5 Å². The second-order valence-corrected chi connectivity index (χ2v) is 14.8. The number of esters is 2. The first-order valence-corrected chi connectivity index (χ1v) is 18.3. The van der Waals surface area contributed by atoms with Gasteiger partial charge in [-0.3, -0.25) is 48.4 Å². The lowest BCUT2D eigenvalue weighted by Crippen LogP contribution is -2.69. The van der Waals surface area contributed by atoms with E-state index in [2.05, 4.69) is 6.07 Å². The van der Waals surface area contributed by atoms with Crippen molar-refractivity contribution in [2.75, 3.05) is 27.5 Å². The average Bonchev–Trinajstić information content (AvgIpc) is 3.61. The van der Waals surface area contributed by atoms with Crippen LogP contribution in [0.3, 0.4) is 0 Å². The van der Waals surface area contributed by atoms with Gasteiger partial charge in [-0.1, -0.05) is 6.07 Å². The van der Waals surface area contributed by atoms with Gasteiger partial charge in [0, 0.05) is 68.6 Å². The van der Waals surface area contributed by atoms with Crippen LogP contribution in [-0.4, -0.2) is 113 Å². The summed E-state index contributed by atoms with van der Waals surface area (Å²) in [6.45, 7) is 7.58. The molecular weight excluding hydrogens is 771 g/mol. The van der Waals surface area contributed by atoms with Crippen LogP contribution in [0.4, 0.5) is 13.2 Å². The quantitative estimate of drug-likeness (QED) is 0.293. The number of hydrogen-bond donors (Lipinski definition) is 0. The van der Waals surface area contributed by atoms with Gasteiger partial charge in [0.15, 0.2) is 23.0 Å². The molecule has 2 aromatic carbocycles. The zero-order valence-corrected chi connectivity index (χ0v) is 33.2. The van der Waals surface area contributed by atoms with Gasteiger partial charge in [0.1, 0.15) is 17.8 Å². The molecule has 1 unspecified atom stereocenters. The molecule has 0 saturated carbocycles. The number of benzene rings is 2. The molecule has 0 aromatic heterocycles. The van der Waals surface area contributed by atoms with Gasteiger partial charge in [-0.25, -0.2) is 0 Å². The Morgan fingerprint density at radius 3 is 2.10 bits per heavy atom. The fourth-order valence-electron chi connectivity index (χ4n) is 9.12. The number of likely N-dealkylation sites (N-methyl/N-ethyl adjacent to an activating group) is 1. The molecule has 0 radical (unpaired) electrons. The predicted octanol–water partition coefficient (Wildman–Crippen LogP) is 3.36. The highest BCUT2D eigenvalue weighted by atomic mass is 19.4. The summed E-state index contributed by atoms with van der Waals surface area (Å²) in [5, 5.41) is 11.0. The van der Waals surface area contributed by atoms with Gasteiger partial charge in [-0.05, 0) is 51.8 Å². The number of fused-ring (bicyclic) bond motifs is 9. The fraction of sp³-hybridized carbons (Fsp3) is 0.513. The van der Waals surface area contributed by atoms with Gasteiger partial charge in [0.25, 0.3) is 5.91 Å². The summed E-state index contributed by atoms with van der Waals surface area (Å²) >= 11 is 0. The first kappa shape index (κ1) is 41.9. The van der Waals surface area contributed by atoms with Crippen LogP contribution in [-0.2, 0) is 41.6 Å². The molecule has 310 valence electrons. The van der Waals surface area contributed by atoms with E-state index in [0.717, 1.165) is 19.4 Å². The molecule has 4 aliphatic rings. The lowest BCUT2D eigenvalue weighted by atomic mass is 9.71. The topological polar surface area (TPSA) is 185 Å². The van der Waals surface area contributed by atoms with Crippen molar-refractivity contribution >= 4 is 35.6 Å². The van der Waals surface area contributed by atoms with E-state index in [1.54, 1.807) is 18.7 Å². The van der Waals surface area contributed by atoms with Crippen LogP contribution in [0.5, 0.6) is 28.7 Å². The molecule has 1 saturated heterocycles. The zero-order chi connectivity index (χ0) is 42.9. The molecule has 2 aromatic rings. The van der Waals surface area contributed by atoms with Gasteiger partial charge < -0.3 is 23.7 Å². The van der Waals surface area contributed by atoms with Crippen molar-refractivity contribution in [3.05, 3.63) is 39.4 Å². The normalized spacial score (nSPS) is 22.3. The smallest absolute Gasteiger partial charge is 0.471 e. The number of alkyl halides is 3. The van der Waals surface area contributed by atoms with E-state index in [-0.39, 0.29) is 53.1 Å². The van der Waals surface area contributed by atoms with E-state index >= 15 is 0 Å². The Morgan fingerprint density at radius 2 is 1.55 bits per heavy atom. The number of carbonyl (C=O) groups excluding carboxylic acids is 6. The number of ether oxygens (including phenoxy) is 5. The van der Waals surface area contributed by atoms with E-state index in [1.165, 1.54) is 21.0 Å². The standard InChI is InChI=1S/C39H42F3N5O11/c1-16-10-23-11-25-27(13-43)47-26(31(44(25)8)29(23)36(32(16)54-9)58-22(7)51)12-24-30(35-34(55-15-56-35)17(2)33(24)57-21(6)50)28(47)14-45(19(4)48)37(52)18(3)46(20(5)49)38(53)39(40,41)42/h10,18,25-28,31H,11-12,14-15H2,1-9H3/t18-,25-,26?,27+,28+,31+/m1/s1. The van der Waals surface area contributed by atoms with E-state index in [4.69, 9.17) is 23.7 Å². The molecule has 1 fully saturated rings. The van der Waals surface area contributed by atoms with Gasteiger partial charge in [-0.2, -0.15) is 18.4 Å². The molecule has 16 nitrogen and oxygen atoms in total. The molecule has 0 N–H and O–H groups in total. The van der Waals surface area contributed by atoms with Crippen LogP contribution in [0.15, 0.2) is 6.07 Å². The number of carbonyl (C=O) groups is 6. The molecule has 4 heterocycles. The van der Waals surface area contributed by atoms with Crippen molar-refractivity contribution in [1.82, 2.24) is 19.6 Å². The number of nitriles is 1. The Kier molecular flexibility index (Phi) is 11.0. The van der Waals surface area contributed by atoms with Gasteiger partial charge >= 0.3 is 24.0 Å². The molecular formula is C39H42F3N5O11. The summed E-state index contributed by atoms with van der Waals surface area (Å²) < 4.78 is 70.3. The summed E-state index contributed by atoms with van der Waals surface area (Å²) in [5.41, 5.74) is 3.11. The van der Waals surface area contributed by atoms with Crippen LogP contribution >= 0.6 is 0 Å². The average molecular weight is 814 g/mol. The summed E-state index contributed by atoms with van der Waals surface area (Å²) in [4.78, 5) is 82.1. The number of aryl methyl sites for hydroxylation is 1. The monoisotopic (exact) mass is 813 g/mol. The van der Waals surface area contributed by atoms with Gasteiger partial charge in [0.2, 0.25) is 18.6 Å². The maximum absolute atomic E-state index is 14.2. The van der Waals surface area contributed by atoms with E-state index in [9.17, 15) is 47.2 Å². The van der Waals surface area contributed by atoms with Crippen molar-refractivity contribution in [1.29, 1.82) is 5.26 Å². The minimum absolute atomic E-state index is 0.0591. The van der Waals surface area contributed by atoms with Crippen LogP contribution in [0, 0.1) is 25.2 Å². The number of rotatable bonds is 7. The minimum Gasteiger partial charge on any atom is -0.493 e. The lowest BCUT2D eigenvalue weighted by molar-refractivity contribution is -0.191. The van der Waals surface area contributed by atoms with Crippen molar-refractivity contribution in [2.45, 2.75) is 104 Å². The molecule has 58 heavy (non-hydrogen) atoms. The highest BCUT2D eigenvalue weighted by molar-refractivity contribution is 6.04. The van der Waals surface area contributed by atoms with Crippen molar-refractivity contribution in [3.63, 3.8) is 0 Å². The Morgan fingerprint density at radius 1 is 0.931 bits per heavy atom. The zero-order valence-electron chi connectivity index (χ0n) is 33.2. The first-order chi connectivity index (χ1) is 27.2. The Hall–Kier alpha value is -5.74. The molecule has 0 aliphatic carbocycles. The minimum atomic E-state index is -5.53. The number of amides is 4. The fourth-order valence-corrected chi connectivity index (χ4v) is 9.12. The number of nitrogens with zero attached hydrogens (tertiary/aromatic N) is 5. The molecule has 6 atom stereocenters. The maximum Gasteiger partial charge on any atom is 0.471 e. The third-order valence-corrected chi connectivity index (χ3v) is 11.3. The van der Waals surface area contributed by atoms with Crippen molar-refractivity contribution in [3.8, 4) is 34.8 Å². The third-order valence-electron chi connectivity index (χ3n) is 11.3. The van der Waals surface area contributed by atoms with Crippen LogP contribution < -0.4 is 23.7 Å². The molecule has 6 rings (SSSR count). The van der Waals surface area contributed by atoms with Crippen LogP contribution in [0.1, 0.15) is 80.1 Å². The largest absolute Gasteiger partial charge is 0.493 e. The summed E-state index contributed by atoms with van der Waals surface area (Å²) in [6, 6.07) is -1.98. The molecule has 0 spiro atoms. The van der Waals surface area contributed by atoms with Crippen LogP contribution in [0.25, 0.3) is 0 Å². The number of methoxy groups -OCH3 is 1. The summed E-state index contributed by atoms with van der Waals surface area (Å²) in [7, 11) is 3.25. The second kappa shape index (κ2) is 15.2. The predicted molar refractivity (Wildman–Crippen MR) is 193 cm³/mol. The molecule has 19 heteroatoms. The number of piperazine rings is 1. The van der Waals surface area contributed by atoms with Crippen molar-refractivity contribution in [2.24, 2.45) is 0 Å². The van der Waals surface area contributed by atoms with E-state index in [1.807, 2.05) is 18.0 Å². The SMILES string of the molecule is COc1c(C)cc2c(c1OC(C)=O)[C@@H]1C3Cc4c(OC(C)=O)c(C)c5c(c4[C@H](CN(C(C)=O)C(=O)[C@@H](C)N(C(C)=O)C(=O)C(F)(F)F)N3[C@@H](C#N)[C@@H](C2)N1C)OCO5. The number of imide groups is 2. The third kappa shape index (κ3) is 6.77. The lowest BCUT2D eigenvalue weighted by Gasteiger charge is -2.60. The molecule has 4 amide bonds. The van der Waals surface area contributed by atoms with Crippen molar-refractivity contribution < 1.29 is 65.6 Å². The van der Waals surface area contributed by atoms with Gasteiger partial charge in [-0.15, -0.1) is 0 Å². The Bertz CT molecular complexity index is 2190. The molecule has 4 aliphatic heterocycles. The summed E-state index contributed by atoms with van der Waals surface area (Å²) in [5.74, 6) is -6.63. The highest BCUT2D eigenvalue weighted by Gasteiger charge is 2.58. The Balaban J connectivity index is 1.62. The van der Waals surface area contributed by atoms with E-state index in [0.29, 0.717) is 39.8 Å². The second-order valence-electron chi connectivity index (χ2n) is 14.8. The summed E-state index contributed by atoms with van der Waals surface area (Å²) in [6.07, 6.45) is -5.20. The van der Waals surface area contributed by atoms with Crippen LogP contribution in [0.2, 0.25) is 0 Å². The number of halogens is 3. The number of hydrogen-bond acceptors (Lipinski definition) is 14. The Labute approximate surface area is 331 Å². The van der Waals surface area contributed by atoms with Gasteiger partial charge in [0.05, 0.1) is 25.3 Å². The highest BCUT2D eigenvalue weighted by Crippen LogP contribution is 2.58. The maximum atomic E-state index is 14.2. The molecule has 2 bridgehead atoms. The first-order valence-electron chi connectivity index (χ1n) is 18.3.